The Labute approximate surface area is 93.9 Å². The first kappa shape index (κ1) is 9.46. The number of hydrogen-bond acceptors (Lipinski definition) is 2. The average Bonchev–Trinajstić information content (AvgIpc) is 2.74. The largest absolute Gasteiger partial charge is 0.463 e. The molecule has 4 atom stereocenters. The normalized spacial score (nSPS) is 40.4. The molecule has 0 spiro atoms. The number of carbonyl (C=O) groups is 1. The molecule has 3 heteroatoms. The van der Waals surface area contributed by atoms with E-state index in [1.807, 2.05) is 6.92 Å². The van der Waals surface area contributed by atoms with Crippen LogP contribution in [0.2, 0.25) is 0 Å². The van der Waals surface area contributed by atoms with E-state index < -0.39 is 0 Å². The second kappa shape index (κ2) is 3.11. The molecule has 0 N–H and O–H groups in total. The van der Waals surface area contributed by atoms with Crippen molar-refractivity contribution in [1.82, 2.24) is 0 Å². The van der Waals surface area contributed by atoms with Crippen LogP contribution in [0.4, 0.5) is 0 Å². The highest BCUT2D eigenvalue weighted by Gasteiger charge is 2.56. The molecule has 0 saturated heterocycles. The Balaban J connectivity index is 1.87. The van der Waals surface area contributed by atoms with Gasteiger partial charge >= 0.3 is 5.97 Å². The van der Waals surface area contributed by atoms with E-state index in [0.717, 1.165) is 17.0 Å². The fourth-order valence-corrected chi connectivity index (χ4v) is 3.75. The molecule has 0 aromatic heterocycles. The van der Waals surface area contributed by atoms with Crippen LogP contribution in [0.15, 0.2) is 22.8 Å². The maximum Gasteiger partial charge on any atom is 0.335 e. The minimum Gasteiger partial charge on any atom is -0.463 e. The zero-order valence-corrected chi connectivity index (χ0v) is 9.33. The van der Waals surface area contributed by atoms with E-state index in [0.29, 0.717) is 30.3 Å². The Morgan fingerprint density at radius 3 is 2.80 bits per heavy atom. The van der Waals surface area contributed by atoms with Crippen LogP contribution in [0.1, 0.15) is 13.3 Å². The molecule has 3 rings (SSSR count). The van der Waals surface area contributed by atoms with Gasteiger partial charge in [0.1, 0.15) is 0 Å². The van der Waals surface area contributed by atoms with Crippen molar-refractivity contribution in [2.24, 2.45) is 23.7 Å². The minimum absolute atomic E-state index is 0.204. The van der Waals surface area contributed by atoms with Gasteiger partial charge in [-0.1, -0.05) is 23.8 Å². The van der Waals surface area contributed by atoms with Crippen molar-refractivity contribution in [2.45, 2.75) is 13.3 Å². The van der Waals surface area contributed by atoms with Crippen LogP contribution < -0.4 is 0 Å². The van der Waals surface area contributed by atoms with E-state index in [9.17, 15) is 4.79 Å². The van der Waals surface area contributed by atoms with Crippen LogP contribution in [0.5, 0.6) is 0 Å². The highest BCUT2D eigenvalue weighted by atomic mass is 35.5. The maximum atomic E-state index is 11.7. The Bertz CT molecular complexity index is 383. The second-order valence-corrected chi connectivity index (χ2v) is 4.89. The van der Waals surface area contributed by atoms with Gasteiger partial charge in [0, 0.05) is 16.9 Å². The quantitative estimate of drug-likeness (QED) is 0.532. The fraction of sp³-hybridized carbons (Fsp3) is 0.583. The molecule has 80 valence electrons. The molecule has 0 amide bonds. The van der Waals surface area contributed by atoms with Gasteiger partial charge in [0.05, 0.1) is 12.2 Å². The van der Waals surface area contributed by atoms with Crippen molar-refractivity contribution in [2.75, 3.05) is 6.61 Å². The third-order valence-electron chi connectivity index (χ3n) is 3.84. The first-order chi connectivity index (χ1) is 7.24. The summed E-state index contributed by atoms with van der Waals surface area (Å²) in [5.41, 5.74) is 0.750. The number of rotatable bonds is 2. The molecule has 3 aliphatic carbocycles. The van der Waals surface area contributed by atoms with E-state index in [1.165, 1.54) is 0 Å². The minimum atomic E-state index is -0.204. The first-order valence-electron chi connectivity index (χ1n) is 5.49. The number of carbonyl (C=O) groups excluding carboxylic acids is 1. The zero-order valence-electron chi connectivity index (χ0n) is 8.57. The highest BCUT2D eigenvalue weighted by molar-refractivity contribution is 6.33. The van der Waals surface area contributed by atoms with Crippen LogP contribution >= 0.6 is 11.6 Å². The van der Waals surface area contributed by atoms with Gasteiger partial charge in [0.25, 0.3) is 0 Å². The molecule has 4 unspecified atom stereocenters. The fourth-order valence-electron chi connectivity index (χ4n) is 3.25. The molecule has 0 heterocycles. The summed E-state index contributed by atoms with van der Waals surface area (Å²) < 4.78 is 5.03. The number of hydrogen-bond donors (Lipinski definition) is 0. The summed E-state index contributed by atoms with van der Waals surface area (Å²) in [7, 11) is 0. The molecule has 0 aromatic carbocycles. The van der Waals surface area contributed by atoms with Crippen LogP contribution in [0.25, 0.3) is 0 Å². The van der Waals surface area contributed by atoms with E-state index in [4.69, 9.17) is 16.3 Å². The van der Waals surface area contributed by atoms with Crippen LogP contribution in [-0.2, 0) is 9.53 Å². The molecule has 2 bridgehead atoms. The summed E-state index contributed by atoms with van der Waals surface area (Å²) in [4.78, 5) is 11.7. The Morgan fingerprint density at radius 2 is 2.13 bits per heavy atom. The van der Waals surface area contributed by atoms with Gasteiger partial charge in [-0.05, 0) is 25.2 Å². The first-order valence-corrected chi connectivity index (χ1v) is 5.86. The monoisotopic (exact) mass is 224 g/mol. The molecule has 2 nitrogen and oxygen atoms in total. The maximum absolute atomic E-state index is 11.7. The number of fused-ring (bicyclic) bond motifs is 5. The van der Waals surface area contributed by atoms with E-state index in [1.54, 1.807) is 0 Å². The van der Waals surface area contributed by atoms with Crippen LogP contribution in [0, 0.1) is 23.7 Å². The van der Waals surface area contributed by atoms with Gasteiger partial charge in [-0.25, -0.2) is 4.79 Å². The lowest BCUT2D eigenvalue weighted by molar-refractivity contribution is -0.140. The van der Waals surface area contributed by atoms with E-state index in [-0.39, 0.29) is 5.97 Å². The topological polar surface area (TPSA) is 26.3 Å². The van der Waals surface area contributed by atoms with E-state index in [2.05, 4.69) is 12.2 Å². The molecule has 0 radical (unpaired) electrons. The number of ether oxygens (including phenoxy) is 1. The molecule has 1 fully saturated rings. The van der Waals surface area contributed by atoms with Gasteiger partial charge < -0.3 is 4.74 Å². The average molecular weight is 225 g/mol. The van der Waals surface area contributed by atoms with Gasteiger partial charge in [0.2, 0.25) is 0 Å². The van der Waals surface area contributed by atoms with Crippen molar-refractivity contribution in [1.29, 1.82) is 0 Å². The SMILES string of the molecule is CCOC(=O)C1=C(Cl)C2C3C=CC(C3)C12. The van der Waals surface area contributed by atoms with Crippen molar-refractivity contribution < 1.29 is 9.53 Å². The van der Waals surface area contributed by atoms with Gasteiger partial charge in [-0.3, -0.25) is 0 Å². The molecule has 0 aromatic rings. The Kier molecular flexibility index (Phi) is 1.96. The zero-order chi connectivity index (χ0) is 10.6. The predicted octanol–water partition coefficient (Wildman–Crippen LogP) is 2.49. The number of allylic oxidation sites excluding steroid dienone is 3. The van der Waals surface area contributed by atoms with Crippen LogP contribution in [-0.4, -0.2) is 12.6 Å². The lowest BCUT2D eigenvalue weighted by Crippen LogP contribution is -2.36. The van der Waals surface area contributed by atoms with Gasteiger partial charge in [-0.15, -0.1) is 0 Å². The summed E-state index contributed by atoms with van der Waals surface area (Å²) in [6, 6.07) is 0. The van der Waals surface area contributed by atoms with Gasteiger partial charge in [-0.2, -0.15) is 0 Å². The predicted molar refractivity (Wildman–Crippen MR) is 57.2 cm³/mol. The summed E-state index contributed by atoms with van der Waals surface area (Å²) in [5.74, 6) is 1.67. The summed E-state index contributed by atoms with van der Waals surface area (Å²) in [5, 5.41) is 0.760. The Hall–Kier alpha value is -0.760. The van der Waals surface area contributed by atoms with Crippen molar-refractivity contribution >= 4 is 17.6 Å². The molecular formula is C12H13ClO2. The summed E-state index contributed by atoms with van der Waals surface area (Å²) in [6.45, 7) is 2.25. The van der Waals surface area contributed by atoms with Crippen molar-refractivity contribution in [3.8, 4) is 0 Å². The number of esters is 1. The third kappa shape index (κ3) is 1.09. The smallest absolute Gasteiger partial charge is 0.335 e. The van der Waals surface area contributed by atoms with Crippen molar-refractivity contribution in [3.63, 3.8) is 0 Å². The molecule has 15 heavy (non-hydrogen) atoms. The number of halogens is 1. The lowest BCUT2D eigenvalue weighted by Gasteiger charge is -2.38. The molecule has 0 aliphatic heterocycles. The van der Waals surface area contributed by atoms with Crippen LogP contribution in [0.3, 0.4) is 0 Å². The standard InChI is InChI=1S/C12H13ClO2/c1-2-15-12(14)10-8-6-3-4-7(5-6)9(8)11(10)13/h3-4,6-9H,2,5H2,1H3. The second-order valence-electron chi connectivity index (χ2n) is 4.48. The molecule has 3 aliphatic rings. The lowest BCUT2D eigenvalue weighted by atomic mass is 9.68. The summed E-state index contributed by atoms with van der Waals surface area (Å²) in [6.07, 6.45) is 5.64. The van der Waals surface area contributed by atoms with Crippen molar-refractivity contribution in [3.05, 3.63) is 22.8 Å². The van der Waals surface area contributed by atoms with E-state index >= 15 is 0 Å². The summed E-state index contributed by atoms with van der Waals surface area (Å²) >= 11 is 6.19. The highest BCUT2D eigenvalue weighted by Crippen LogP contribution is 2.62. The third-order valence-corrected chi connectivity index (χ3v) is 4.29. The molecule has 1 saturated carbocycles. The Morgan fingerprint density at radius 1 is 1.47 bits per heavy atom. The van der Waals surface area contributed by atoms with Gasteiger partial charge in [0.15, 0.2) is 0 Å². The molecular weight excluding hydrogens is 212 g/mol.